The summed E-state index contributed by atoms with van der Waals surface area (Å²) in [5.41, 5.74) is 1.61. The maximum atomic E-state index is 11.9. The molecule has 27 heavy (non-hydrogen) atoms. The highest BCUT2D eigenvalue weighted by Crippen LogP contribution is 2.28. The van der Waals surface area contributed by atoms with Gasteiger partial charge in [0.15, 0.2) is 18.1 Å². The Kier molecular flexibility index (Phi) is 7.20. The average Bonchev–Trinajstić information content (AvgIpc) is 2.70. The number of amides is 1. The first-order valence-electron chi connectivity index (χ1n) is 8.23. The molecular weight excluding hydrogens is 348 g/mol. The van der Waals surface area contributed by atoms with Crippen LogP contribution in [0.2, 0.25) is 0 Å². The van der Waals surface area contributed by atoms with Crippen molar-refractivity contribution < 1.29 is 23.8 Å². The molecule has 0 aliphatic carbocycles. The van der Waals surface area contributed by atoms with Crippen molar-refractivity contribution >= 4 is 17.6 Å². The quantitative estimate of drug-likeness (QED) is 0.720. The fraction of sp³-hybridized carbons (Fsp3) is 0.250. The lowest BCUT2D eigenvalue weighted by molar-refractivity contribution is -0.147. The maximum absolute atomic E-state index is 11.9. The van der Waals surface area contributed by atoms with Crippen LogP contribution >= 0.6 is 0 Å². The number of hydrogen-bond donors (Lipinski definition) is 1. The zero-order valence-electron chi connectivity index (χ0n) is 15.2. The molecule has 2 rings (SSSR count). The van der Waals surface area contributed by atoms with Crippen molar-refractivity contribution in [2.75, 3.05) is 26.1 Å². The Morgan fingerprint density at radius 1 is 1.07 bits per heavy atom. The number of nitrogens with zero attached hydrogens (tertiary/aromatic N) is 1. The first-order chi connectivity index (χ1) is 13.1. The SMILES string of the molecule is COc1ccc(CCC(=O)OCC(=O)Nc2ccccc2C#N)cc1OC. The molecule has 0 heterocycles. The lowest BCUT2D eigenvalue weighted by Crippen LogP contribution is -2.21. The van der Waals surface area contributed by atoms with Gasteiger partial charge in [0.2, 0.25) is 0 Å². The maximum Gasteiger partial charge on any atom is 0.306 e. The van der Waals surface area contributed by atoms with Crippen LogP contribution in [0.3, 0.4) is 0 Å². The van der Waals surface area contributed by atoms with Crippen molar-refractivity contribution in [3.8, 4) is 17.6 Å². The predicted octanol–water partition coefficient (Wildman–Crippen LogP) is 2.69. The number of hydrogen-bond acceptors (Lipinski definition) is 6. The van der Waals surface area contributed by atoms with E-state index in [1.54, 1.807) is 50.6 Å². The molecule has 0 aliphatic heterocycles. The lowest BCUT2D eigenvalue weighted by Gasteiger charge is -2.10. The summed E-state index contributed by atoms with van der Waals surface area (Å²) >= 11 is 0. The normalized spacial score (nSPS) is 9.81. The van der Waals surface area contributed by atoms with Gasteiger partial charge in [-0.2, -0.15) is 5.26 Å². The Labute approximate surface area is 157 Å². The standard InChI is InChI=1S/C20H20N2O5/c1-25-17-9-7-14(11-18(17)26-2)8-10-20(24)27-13-19(23)22-16-6-4-3-5-15(16)12-21/h3-7,9,11H,8,10,13H2,1-2H3,(H,22,23). The van der Waals surface area contributed by atoms with Crippen LogP contribution in [0.1, 0.15) is 17.5 Å². The smallest absolute Gasteiger partial charge is 0.306 e. The number of nitrogens with one attached hydrogen (secondary N) is 1. The molecule has 2 aromatic rings. The Morgan fingerprint density at radius 3 is 2.52 bits per heavy atom. The molecule has 7 heteroatoms. The van der Waals surface area contributed by atoms with Gasteiger partial charge >= 0.3 is 5.97 Å². The van der Waals surface area contributed by atoms with Crippen LogP contribution in [0.15, 0.2) is 42.5 Å². The van der Waals surface area contributed by atoms with E-state index in [2.05, 4.69) is 5.32 Å². The number of benzene rings is 2. The van der Waals surface area contributed by atoms with E-state index in [0.717, 1.165) is 5.56 Å². The van der Waals surface area contributed by atoms with Gasteiger partial charge in [0.1, 0.15) is 6.07 Å². The van der Waals surface area contributed by atoms with Gasteiger partial charge in [0, 0.05) is 6.42 Å². The Balaban J connectivity index is 1.81. The number of carbonyl (C=O) groups excluding carboxylic acids is 2. The number of ether oxygens (including phenoxy) is 3. The summed E-state index contributed by atoms with van der Waals surface area (Å²) in [4.78, 5) is 23.7. The predicted molar refractivity (Wildman–Crippen MR) is 98.6 cm³/mol. The van der Waals surface area contributed by atoms with Crippen molar-refractivity contribution in [3.63, 3.8) is 0 Å². The molecule has 0 aliphatic rings. The monoisotopic (exact) mass is 368 g/mol. The number of methoxy groups -OCH3 is 2. The molecule has 2 aromatic carbocycles. The van der Waals surface area contributed by atoms with E-state index < -0.39 is 18.5 Å². The molecule has 0 spiro atoms. The van der Waals surface area contributed by atoms with Crippen molar-refractivity contribution in [1.82, 2.24) is 0 Å². The average molecular weight is 368 g/mol. The van der Waals surface area contributed by atoms with E-state index in [1.165, 1.54) is 0 Å². The molecule has 0 saturated carbocycles. The number of para-hydroxylation sites is 1. The highest BCUT2D eigenvalue weighted by molar-refractivity contribution is 5.93. The third kappa shape index (κ3) is 5.75. The second kappa shape index (κ2) is 9.82. The van der Waals surface area contributed by atoms with Gasteiger partial charge in [0.05, 0.1) is 25.5 Å². The van der Waals surface area contributed by atoms with Crippen LogP contribution in [-0.2, 0) is 20.7 Å². The second-order valence-electron chi connectivity index (χ2n) is 5.56. The van der Waals surface area contributed by atoms with E-state index in [0.29, 0.717) is 29.2 Å². The Morgan fingerprint density at radius 2 is 1.81 bits per heavy atom. The molecule has 7 nitrogen and oxygen atoms in total. The minimum absolute atomic E-state index is 0.123. The molecule has 0 radical (unpaired) electrons. The third-order valence-electron chi connectivity index (χ3n) is 3.75. The molecule has 0 aromatic heterocycles. The largest absolute Gasteiger partial charge is 0.493 e. The van der Waals surface area contributed by atoms with Crippen LogP contribution < -0.4 is 14.8 Å². The van der Waals surface area contributed by atoms with Crippen LogP contribution in [0, 0.1) is 11.3 Å². The fourth-order valence-corrected chi connectivity index (χ4v) is 2.38. The summed E-state index contributed by atoms with van der Waals surface area (Å²) in [6.07, 6.45) is 0.565. The minimum Gasteiger partial charge on any atom is -0.493 e. The number of nitriles is 1. The summed E-state index contributed by atoms with van der Waals surface area (Å²) in [5, 5.41) is 11.5. The molecule has 1 amide bonds. The highest BCUT2D eigenvalue weighted by atomic mass is 16.5. The minimum atomic E-state index is -0.503. The van der Waals surface area contributed by atoms with E-state index >= 15 is 0 Å². The van der Waals surface area contributed by atoms with E-state index in [4.69, 9.17) is 19.5 Å². The van der Waals surface area contributed by atoms with Crippen molar-refractivity contribution in [1.29, 1.82) is 5.26 Å². The number of esters is 1. The number of rotatable bonds is 8. The van der Waals surface area contributed by atoms with Crippen LogP contribution in [-0.4, -0.2) is 32.7 Å². The van der Waals surface area contributed by atoms with Gasteiger partial charge in [-0.1, -0.05) is 18.2 Å². The molecule has 0 unspecified atom stereocenters. The van der Waals surface area contributed by atoms with Crippen molar-refractivity contribution in [2.24, 2.45) is 0 Å². The van der Waals surface area contributed by atoms with Crippen LogP contribution in [0.5, 0.6) is 11.5 Å². The van der Waals surface area contributed by atoms with Crippen LogP contribution in [0.4, 0.5) is 5.69 Å². The first-order valence-corrected chi connectivity index (χ1v) is 8.23. The molecular formula is C20H20N2O5. The van der Waals surface area contributed by atoms with Crippen molar-refractivity contribution in [3.05, 3.63) is 53.6 Å². The van der Waals surface area contributed by atoms with Gasteiger partial charge in [-0.15, -0.1) is 0 Å². The fourth-order valence-electron chi connectivity index (χ4n) is 2.38. The number of aryl methyl sites for hydroxylation is 1. The summed E-state index contributed by atoms with van der Waals surface area (Å²) in [6, 6.07) is 14.0. The highest BCUT2D eigenvalue weighted by Gasteiger charge is 2.11. The van der Waals surface area contributed by atoms with Crippen molar-refractivity contribution in [2.45, 2.75) is 12.8 Å². The zero-order chi connectivity index (χ0) is 19.6. The molecule has 0 bridgehead atoms. The molecule has 140 valence electrons. The molecule has 0 atom stereocenters. The summed E-state index contributed by atoms with van der Waals surface area (Å²) in [5.74, 6) is 0.197. The Hall–Kier alpha value is -3.53. The lowest BCUT2D eigenvalue weighted by atomic mass is 10.1. The van der Waals surface area contributed by atoms with Gasteiger partial charge in [-0.05, 0) is 36.2 Å². The van der Waals surface area contributed by atoms with Gasteiger partial charge in [-0.25, -0.2) is 0 Å². The number of carbonyl (C=O) groups is 2. The summed E-state index contributed by atoms with van der Waals surface area (Å²) < 4.78 is 15.4. The summed E-state index contributed by atoms with van der Waals surface area (Å²) in [6.45, 7) is -0.412. The zero-order valence-corrected chi connectivity index (χ0v) is 15.2. The third-order valence-corrected chi connectivity index (χ3v) is 3.75. The topological polar surface area (TPSA) is 97.6 Å². The Bertz CT molecular complexity index is 858. The summed E-state index contributed by atoms with van der Waals surface area (Å²) in [7, 11) is 3.09. The molecule has 0 saturated heterocycles. The van der Waals surface area contributed by atoms with E-state index in [-0.39, 0.29) is 6.42 Å². The second-order valence-corrected chi connectivity index (χ2v) is 5.56. The van der Waals surface area contributed by atoms with Gasteiger partial charge in [-0.3, -0.25) is 9.59 Å². The van der Waals surface area contributed by atoms with E-state index in [9.17, 15) is 9.59 Å². The first kappa shape index (κ1) is 19.8. The van der Waals surface area contributed by atoms with Gasteiger partial charge < -0.3 is 19.5 Å². The van der Waals surface area contributed by atoms with Gasteiger partial charge in [0.25, 0.3) is 5.91 Å². The van der Waals surface area contributed by atoms with E-state index in [1.807, 2.05) is 12.1 Å². The van der Waals surface area contributed by atoms with Crippen LogP contribution in [0.25, 0.3) is 0 Å². The number of anilines is 1. The molecule has 1 N–H and O–H groups in total. The molecule has 0 fully saturated rings.